The number of hydrogen-bond donors (Lipinski definition) is 1. The third-order valence-electron chi connectivity index (χ3n) is 2.61. The van der Waals surface area contributed by atoms with Crippen LogP contribution in [-0.4, -0.2) is 24.2 Å². The van der Waals surface area contributed by atoms with E-state index in [0.29, 0.717) is 18.5 Å². The molecule has 0 aromatic carbocycles. The van der Waals surface area contributed by atoms with Gasteiger partial charge in [0.05, 0.1) is 6.20 Å². The summed E-state index contributed by atoms with van der Waals surface area (Å²) in [6.07, 6.45) is 2.29. The Morgan fingerprint density at radius 2 is 2.36 bits per heavy atom. The molecule has 2 rings (SSSR count). The maximum absolute atomic E-state index is 13.5. The van der Waals surface area contributed by atoms with Crippen LogP contribution in [0.25, 0.3) is 0 Å². The Morgan fingerprint density at radius 1 is 1.50 bits per heavy atom. The Labute approximate surface area is 81.4 Å². The van der Waals surface area contributed by atoms with E-state index in [2.05, 4.69) is 10.3 Å². The molecule has 0 spiro atoms. The van der Waals surface area contributed by atoms with E-state index in [0.717, 1.165) is 12.7 Å². The summed E-state index contributed by atoms with van der Waals surface area (Å²) < 4.78 is 26.8. The molecule has 0 bridgehead atoms. The number of halogens is 2. The molecule has 76 valence electrons. The molecule has 2 atom stereocenters. The molecule has 4 heteroatoms. The molecule has 1 aromatic heterocycles. The molecule has 0 aliphatic carbocycles. The van der Waals surface area contributed by atoms with Crippen molar-refractivity contribution in [1.29, 1.82) is 0 Å². The molecule has 1 saturated heterocycles. The highest BCUT2D eigenvalue weighted by Crippen LogP contribution is 2.28. The van der Waals surface area contributed by atoms with Crippen LogP contribution in [0.2, 0.25) is 0 Å². The molecule has 2 unspecified atom stereocenters. The van der Waals surface area contributed by atoms with Crippen LogP contribution in [0.5, 0.6) is 0 Å². The molecule has 1 fully saturated rings. The Hall–Kier alpha value is -1.03. The third kappa shape index (κ3) is 1.75. The lowest BCUT2D eigenvalue weighted by atomic mass is 9.89. The Kier molecular flexibility index (Phi) is 2.72. The fraction of sp³-hybridized carbons (Fsp3) is 0.500. The first-order chi connectivity index (χ1) is 6.79. The molecule has 0 radical (unpaired) electrons. The van der Waals surface area contributed by atoms with Gasteiger partial charge >= 0.3 is 0 Å². The summed E-state index contributed by atoms with van der Waals surface area (Å²) in [4.78, 5) is 3.65. The molecular weight excluding hydrogens is 186 g/mol. The van der Waals surface area contributed by atoms with Gasteiger partial charge in [0, 0.05) is 18.7 Å². The van der Waals surface area contributed by atoms with Crippen LogP contribution in [-0.2, 0) is 0 Å². The van der Waals surface area contributed by atoms with Crippen molar-refractivity contribution in [1.82, 2.24) is 10.3 Å². The Morgan fingerprint density at radius 3 is 3.07 bits per heavy atom. The highest BCUT2D eigenvalue weighted by Gasteiger charge is 2.27. The van der Waals surface area contributed by atoms with Gasteiger partial charge in [-0.25, -0.2) is 8.78 Å². The zero-order valence-corrected chi connectivity index (χ0v) is 7.71. The lowest BCUT2D eigenvalue weighted by Crippen LogP contribution is -2.37. The lowest BCUT2D eigenvalue weighted by Gasteiger charge is -2.27. The predicted molar refractivity (Wildman–Crippen MR) is 49.3 cm³/mol. The van der Waals surface area contributed by atoms with Gasteiger partial charge in [0.15, 0.2) is 0 Å². The van der Waals surface area contributed by atoms with Crippen LogP contribution in [0.15, 0.2) is 18.5 Å². The first-order valence-electron chi connectivity index (χ1n) is 4.73. The molecule has 2 nitrogen and oxygen atoms in total. The summed E-state index contributed by atoms with van der Waals surface area (Å²) in [6.45, 7) is 1.05. The van der Waals surface area contributed by atoms with E-state index in [1.807, 2.05) is 0 Å². The number of piperidine rings is 1. The van der Waals surface area contributed by atoms with Gasteiger partial charge in [-0.05, 0) is 24.6 Å². The zero-order valence-electron chi connectivity index (χ0n) is 7.71. The van der Waals surface area contributed by atoms with E-state index in [9.17, 15) is 8.78 Å². The maximum atomic E-state index is 13.5. The first kappa shape index (κ1) is 9.52. The van der Waals surface area contributed by atoms with Gasteiger partial charge in [-0.3, -0.25) is 4.98 Å². The molecule has 1 N–H and O–H groups in total. The molecule has 0 saturated carbocycles. The minimum absolute atomic E-state index is 0.312. The second-order valence-electron chi connectivity index (χ2n) is 3.51. The summed E-state index contributed by atoms with van der Waals surface area (Å²) in [5, 5.41) is 2.94. The van der Waals surface area contributed by atoms with Gasteiger partial charge in [-0.15, -0.1) is 0 Å². The first-order valence-corrected chi connectivity index (χ1v) is 4.73. The molecule has 14 heavy (non-hydrogen) atoms. The number of nitrogens with zero attached hydrogens (tertiary/aromatic N) is 1. The van der Waals surface area contributed by atoms with E-state index >= 15 is 0 Å². The molecule has 2 heterocycles. The number of rotatable bonds is 1. The largest absolute Gasteiger partial charge is 0.314 e. The number of hydrogen-bond acceptors (Lipinski definition) is 2. The normalized spacial score (nSPS) is 27.6. The summed E-state index contributed by atoms with van der Waals surface area (Å²) >= 11 is 0. The third-order valence-corrected chi connectivity index (χ3v) is 2.61. The summed E-state index contributed by atoms with van der Waals surface area (Å²) in [6, 6.07) is 1.57. The second-order valence-corrected chi connectivity index (χ2v) is 3.51. The summed E-state index contributed by atoms with van der Waals surface area (Å²) in [7, 11) is 0. The van der Waals surface area contributed by atoms with E-state index in [1.165, 1.54) is 6.20 Å². The maximum Gasteiger partial charge on any atom is 0.145 e. The average Bonchev–Trinajstić information content (AvgIpc) is 2.20. The average molecular weight is 198 g/mol. The van der Waals surface area contributed by atoms with Gasteiger partial charge in [0.25, 0.3) is 0 Å². The van der Waals surface area contributed by atoms with Crippen LogP contribution in [0.4, 0.5) is 8.78 Å². The fourth-order valence-electron chi connectivity index (χ4n) is 1.86. The van der Waals surface area contributed by atoms with Crippen molar-refractivity contribution in [2.45, 2.75) is 18.5 Å². The van der Waals surface area contributed by atoms with Gasteiger partial charge in [0.1, 0.15) is 12.0 Å². The molecule has 1 aromatic rings. The SMILES string of the molecule is Fc1cnccc1C1CCNCC1F. The van der Waals surface area contributed by atoms with Crippen molar-refractivity contribution >= 4 is 0 Å². The van der Waals surface area contributed by atoms with E-state index < -0.39 is 12.0 Å². The highest BCUT2D eigenvalue weighted by atomic mass is 19.1. The van der Waals surface area contributed by atoms with Crippen LogP contribution >= 0.6 is 0 Å². The van der Waals surface area contributed by atoms with Crippen LogP contribution in [0.1, 0.15) is 17.9 Å². The molecule has 0 amide bonds. The fourth-order valence-corrected chi connectivity index (χ4v) is 1.86. The molecular formula is C10H12F2N2. The number of alkyl halides is 1. The van der Waals surface area contributed by atoms with E-state index in [-0.39, 0.29) is 5.92 Å². The highest BCUT2D eigenvalue weighted by molar-refractivity contribution is 5.20. The van der Waals surface area contributed by atoms with Crippen LogP contribution < -0.4 is 5.32 Å². The number of aromatic nitrogens is 1. The quantitative estimate of drug-likeness (QED) is 0.742. The lowest BCUT2D eigenvalue weighted by molar-refractivity contribution is 0.228. The van der Waals surface area contributed by atoms with E-state index in [1.54, 1.807) is 6.07 Å². The van der Waals surface area contributed by atoms with Gasteiger partial charge in [-0.1, -0.05) is 0 Å². The van der Waals surface area contributed by atoms with Gasteiger partial charge in [0.2, 0.25) is 0 Å². The Bertz CT molecular complexity index is 317. The predicted octanol–water partition coefficient (Wildman–Crippen LogP) is 1.64. The second kappa shape index (κ2) is 4.00. The Balaban J connectivity index is 2.25. The minimum atomic E-state index is -0.999. The topological polar surface area (TPSA) is 24.9 Å². The van der Waals surface area contributed by atoms with Crippen molar-refractivity contribution in [3.8, 4) is 0 Å². The summed E-state index contributed by atoms with van der Waals surface area (Å²) in [5.74, 6) is -0.721. The number of nitrogens with one attached hydrogen (secondary N) is 1. The monoisotopic (exact) mass is 198 g/mol. The summed E-state index contributed by atoms with van der Waals surface area (Å²) in [5.41, 5.74) is 0.453. The zero-order chi connectivity index (χ0) is 9.97. The molecule has 1 aliphatic rings. The van der Waals surface area contributed by atoms with Gasteiger partial charge in [-0.2, -0.15) is 0 Å². The van der Waals surface area contributed by atoms with Crippen molar-refractivity contribution in [2.24, 2.45) is 0 Å². The standard InChI is InChI=1S/C10H12F2N2/c11-9-5-13-3-1-7(9)8-2-4-14-6-10(8)12/h1,3,5,8,10,14H,2,4,6H2. The molecule has 1 aliphatic heterocycles. The van der Waals surface area contributed by atoms with Crippen molar-refractivity contribution in [3.05, 3.63) is 29.8 Å². The minimum Gasteiger partial charge on any atom is -0.314 e. The van der Waals surface area contributed by atoms with Crippen molar-refractivity contribution in [2.75, 3.05) is 13.1 Å². The van der Waals surface area contributed by atoms with E-state index in [4.69, 9.17) is 0 Å². The van der Waals surface area contributed by atoms with Gasteiger partial charge < -0.3 is 5.32 Å². The van der Waals surface area contributed by atoms with Crippen LogP contribution in [0.3, 0.4) is 0 Å². The van der Waals surface area contributed by atoms with Crippen molar-refractivity contribution in [3.63, 3.8) is 0 Å². The smallest absolute Gasteiger partial charge is 0.145 e. The number of pyridine rings is 1. The van der Waals surface area contributed by atoms with Crippen molar-refractivity contribution < 1.29 is 8.78 Å². The van der Waals surface area contributed by atoms with Crippen LogP contribution in [0, 0.1) is 5.82 Å².